The van der Waals surface area contributed by atoms with Gasteiger partial charge in [0.1, 0.15) is 18.5 Å². The smallest absolute Gasteiger partial charge is 0.121 e. The lowest BCUT2D eigenvalue weighted by atomic mass is 10.3. The number of benzene rings is 1. The SMILES string of the molecule is NCCCNCC(O)COc1ccc(Cl)c(Cl)c1. The van der Waals surface area contributed by atoms with E-state index in [2.05, 4.69) is 5.32 Å². The van der Waals surface area contributed by atoms with Crippen molar-refractivity contribution in [3.63, 3.8) is 0 Å². The predicted octanol–water partition coefficient (Wildman–Crippen LogP) is 1.67. The molecule has 1 atom stereocenters. The van der Waals surface area contributed by atoms with Crippen LogP contribution in [0.1, 0.15) is 6.42 Å². The van der Waals surface area contributed by atoms with E-state index in [4.69, 9.17) is 33.7 Å². The van der Waals surface area contributed by atoms with E-state index in [0.29, 0.717) is 28.9 Å². The molecule has 0 aromatic heterocycles. The Kier molecular flexibility index (Phi) is 7.39. The maximum atomic E-state index is 9.66. The molecule has 0 saturated heterocycles. The lowest BCUT2D eigenvalue weighted by Gasteiger charge is -2.13. The summed E-state index contributed by atoms with van der Waals surface area (Å²) in [6.07, 6.45) is 0.317. The number of halogens is 2. The van der Waals surface area contributed by atoms with Crippen molar-refractivity contribution >= 4 is 23.2 Å². The number of hydrogen-bond donors (Lipinski definition) is 3. The molecule has 1 aromatic carbocycles. The van der Waals surface area contributed by atoms with E-state index in [9.17, 15) is 5.11 Å². The molecule has 0 aliphatic rings. The Morgan fingerprint density at radius 3 is 2.78 bits per heavy atom. The van der Waals surface area contributed by atoms with Crippen LogP contribution >= 0.6 is 23.2 Å². The molecular formula is C12H18Cl2N2O2. The molecule has 102 valence electrons. The summed E-state index contributed by atoms with van der Waals surface area (Å²) in [5.41, 5.74) is 5.36. The van der Waals surface area contributed by atoms with Crippen LogP contribution < -0.4 is 15.8 Å². The average molecular weight is 293 g/mol. The number of aliphatic hydroxyl groups excluding tert-OH is 1. The van der Waals surface area contributed by atoms with E-state index in [1.165, 1.54) is 0 Å². The Morgan fingerprint density at radius 2 is 2.11 bits per heavy atom. The highest BCUT2D eigenvalue weighted by molar-refractivity contribution is 6.42. The zero-order valence-electron chi connectivity index (χ0n) is 10.0. The molecule has 0 radical (unpaired) electrons. The van der Waals surface area contributed by atoms with Crippen LogP contribution in [0, 0.1) is 0 Å². The Hall–Kier alpha value is -0.520. The molecule has 0 heterocycles. The van der Waals surface area contributed by atoms with Crippen LogP contribution in [-0.4, -0.2) is 37.5 Å². The third-order valence-electron chi connectivity index (χ3n) is 2.27. The van der Waals surface area contributed by atoms with Crippen LogP contribution in [0.3, 0.4) is 0 Å². The van der Waals surface area contributed by atoms with E-state index >= 15 is 0 Å². The fourth-order valence-corrected chi connectivity index (χ4v) is 1.60. The van der Waals surface area contributed by atoms with E-state index in [0.717, 1.165) is 13.0 Å². The van der Waals surface area contributed by atoms with Gasteiger partial charge in [0, 0.05) is 12.6 Å². The van der Waals surface area contributed by atoms with E-state index in [-0.39, 0.29) is 6.61 Å². The van der Waals surface area contributed by atoms with Crippen molar-refractivity contribution in [2.24, 2.45) is 5.73 Å². The second-order valence-corrected chi connectivity index (χ2v) is 4.70. The average Bonchev–Trinajstić information content (AvgIpc) is 2.36. The van der Waals surface area contributed by atoms with Crippen LogP contribution in [-0.2, 0) is 0 Å². The second kappa shape index (κ2) is 8.56. The molecule has 1 unspecified atom stereocenters. The van der Waals surface area contributed by atoms with Crippen molar-refractivity contribution in [2.75, 3.05) is 26.2 Å². The number of ether oxygens (including phenoxy) is 1. The summed E-state index contributed by atoms with van der Waals surface area (Å²) in [7, 11) is 0. The highest BCUT2D eigenvalue weighted by Gasteiger charge is 2.06. The van der Waals surface area contributed by atoms with Gasteiger partial charge in [0.25, 0.3) is 0 Å². The standard InChI is InChI=1S/C12H18Cl2N2O2/c13-11-3-2-10(6-12(11)14)18-8-9(17)7-16-5-1-4-15/h2-3,6,9,16-17H,1,4-5,7-8,15H2. The predicted molar refractivity (Wildman–Crippen MR) is 74.5 cm³/mol. The minimum Gasteiger partial charge on any atom is -0.491 e. The summed E-state index contributed by atoms with van der Waals surface area (Å²) in [6.45, 7) is 2.11. The summed E-state index contributed by atoms with van der Waals surface area (Å²) >= 11 is 11.6. The van der Waals surface area contributed by atoms with Gasteiger partial charge in [-0.25, -0.2) is 0 Å². The molecule has 1 aromatic rings. The summed E-state index contributed by atoms with van der Waals surface area (Å²) in [4.78, 5) is 0. The van der Waals surface area contributed by atoms with Gasteiger partial charge in [-0.1, -0.05) is 23.2 Å². The minimum atomic E-state index is -0.572. The highest BCUT2D eigenvalue weighted by atomic mass is 35.5. The van der Waals surface area contributed by atoms with E-state index in [1.807, 2.05) is 0 Å². The zero-order valence-corrected chi connectivity index (χ0v) is 11.5. The highest BCUT2D eigenvalue weighted by Crippen LogP contribution is 2.26. The zero-order chi connectivity index (χ0) is 13.4. The first-order valence-corrected chi connectivity index (χ1v) is 6.55. The molecule has 0 spiro atoms. The quantitative estimate of drug-likeness (QED) is 0.638. The topological polar surface area (TPSA) is 67.5 Å². The van der Waals surface area contributed by atoms with Crippen molar-refractivity contribution in [1.29, 1.82) is 0 Å². The molecule has 0 aliphatic carbocycles. The van der Waals surface area contributed by atoms with Crippen LogP contribution in [0.15, 0.2) is 18.2 Å². The van der Waals surface area contributed by atoms with Gasteiger partial charge in [0.15, 0.2) is 0 Å². The molecule has 0 aliphatic heterocycles. The second-order valence-electron chi connectivity index (χ2n) is 3.89. The lowest BCUT2D eigenvalue weighted by molar-refractivity contribution is 0.106. The first-order valence-electron chi connectivity index (χ1n) is 5.80. The summed E-state index contributed by atoms with van der Waals surface area (Å²) in [5.74, 6) is 0.588. The Labute approximate surface area is 117 Å². The van der Waals surface area contributed by atoms with E-state index in [1.54, 1.807) is 18.2 Å². The van der Waals surface area contributed by atoms with Gasteiger partial charge in [0.05, 0.1) is 10.0 Å². The van der Waals surface area contributed by atoms with Crippen LogP contribution in [0.2, 0.25) is 10.0 Å². The first kappa shape index (κ1) is 15.5. The van der Waals surface area contributed by atoms with Crippen LogP contribution in [0.5, 0.6) is 5.75 Å². The molecule has 0 amide bonds. The number of rotatable bonds is 8. The van der Waals surface area contributed by atoms with Gasteiger partial charge in [-0.3, -0.25) is 0 Å². The fraction of sp³-hybridized carbons (Fsp3) is 0.500. The number of nitrogens with two attached hydrogens (primary N) is 1. The monoisotopic (exact) mass is 292 g/mol. The van der Waals surface area contributed by atoms with Crippen LogP contribution in [0.4, 0.5) is 0 Å². The normalized spacial score (nSPS) is 12.4. The molecule has 4 nitrogen and oxygen atoms in total. The maximum Gasteiger partial charge on any atom is 0.121 e. The number of nitrogens with one attached hydrogen (secondary N) is 1. The largest absolute Gasteiger partial charge is 0.491 e. The third-order valence-corrected chi connectivity index (χ3v) is 3.01. The van der Waals surface area contributed by atoms with Gasteiger partial charge >= 0.3 is 0 Å². The number of hydrogen-bond acceptors (Lipinski definition) is 4. The van der Waals surface area contributed by atoms with Crippen molar-refractivity contribution in [3.05, 3.63) is 28.2 Å². The fourth-order valence-electron chi connectivity index (χ4n) is 1.31. The van der Waals surface area contributed by atoms with Crippen molar-refractivity contribution in [2.45, 2.75) is 12.5 Å². The van der Waals surface area contributed by atoms with Gasteiger partial charge < -0.3 is 20.9 Å². The van der Waals surface area contributed by atoms with E-state index < -0.39 is 6.10 Å². The summed E-state index contributed by atoms with van der Waals surface area (Å²) in [6, 6.07) is 4.99. The van der Waals surface area contributed by atoms with Gasteiger partial charge in [-0.2, -0.15) is 0 Å². The van der Waals surface area contributed by atoms with Crippen molar-refractivity contribution in [1.82, 2.24) is 5.32 Å². The summed E-state index contributed by atoms with van der Waals surface area (Å²) in [5, 5.41) is 13.7. The number of aliphatic hydroxyl groups is 1. The summed E-state index contributed by atoms with van der Waals surface area (Å²) < 4.78 is 5.40. The van der Waals surface area contributed by atoms with Crippen molar-refractivity contribution < 1.29 is 9.84 Å². The molecule has 0 bridgehead atoms. The van der Waals surface area contributed by atoms with Gasteiger partial charge in [-0.05, 0) is 31.6 Å². The molecule has 1 rings (SSSR count). The third kappa shape index (κ3) is 5.89. The van der Waals surface area contributed by atoms with Crippen molar-refractivity contribution in [3.8, 4) is 5.75 Å². The molecule has 4 N–H and O–H groups in total. The minimum absolute atomic E-state index is 0.202. The van der Waals surface area contributed by atoms with Gasteiger partial charge in [-0.15, -0.1) is 0 Å². The van der Waals surface area contributed by atoms with Crippen LogP contribution in [0.25, 0.3) is 0 Å². The molecule has 0 saturated carbocycles. The van der Waals surface area contributed by atoms with Gasteiger partial charge in [0.2, 0.25) is 0 Å². The first-order chi connectivity index (χ1) is 8.63. The molecular weight excluding hydrogens is 275 g/mol. The molecule has 18 heavy (non-hydrogen) atoms. The Balaban J connectivity index is 2.24. The maximum absolute atomic E-state index is 9.66. The Bertz CT molecular complexity index is 364. The Morgan fingerprint density at radius 1 is 1.33 bits per heavy atom. The molecule has 6 heteroatoms. The lowest BCUT2D eigenvalue weighted by Crippen LogP contribution is -2.32. The molecule has 0 fully saturated rings.